The molecule has 0 amide bonds. The maximum atomic E-state index is 4.92. The fourth-order valence-electron chi connectivity index (χ4n) is 0.538. The molecule has 0 saturated carbocycles. The first kappa shape index (κ1) is 6.29. The first-order valence-electron chi connectivity index (χ1n) is 2.54. The maximum Gasteiger partial charge on any atom is 0.121 e. The summed E-state index contributed by atoms with van der Waals surface area (Å²) in [5.74, 6) is 0.815. The van der Waals surface area contributed by atoms with Crippen molar-refractivity contribution >= 4 is 15.6 Å². The van der Waals surface area contributed by atoms with Crippen molar-refractivity contribution in [3.05, 3.63) is 18.3 Å². The lowest BCUT2D eigenvalue weighted by Crippen LogP contribution is -2.06. The summed E-state index contributed by atoms with van der Waals surface area (Å²) in [5.41, 5.74) is 0. The molecular formula is C6H6NOSi. The van der Waals surface area contributed by atoms with Crippen molar-refractivity contribution in [3.8, 4) is 5.75 Å². The predicted molar refractivity (Wildman–Crippen MR) is 36.2 cm³/mol. The zero-order valence-corrected chi connectivity index (χ0v) is 6.09. The van der Waals surface area contributed by atoms with Crippen molar-refractivity contribution in [1.82, 2.24) is 4.98 Å². The van der Waals surface area contributed by atoms with Crippen molar-refractivity contribution in [3.63, 3.8) is 0 Å². The maximum absolute atomic E-state index is 4.92. The molecule has 9 heavy (non-hydrogen) atoms. The molecule has 0 aliphatic rings. The van der Waals surface area contributed by atoms with E-state index in [0.717, 1.165) is 11.1 Å². The molecule has 0 atom stereocenters. The van der Waals surface area contributed by atoms with E-state index in [0.29, 0.717) is 0 Å². The first-order valence-corrected chi connectivity index (χ1v) is 3.04. The van der Waals surface area contributed by atoms with E-state index in [2.05, 4.69) is 15.2 Å². The van der Waals surface area contributed by atoms with Gasteiger partial charge in [0.25, 0.3) is 0 Å². The van der Waals surface area contributed by atoms with Crippen LogP contribution in [0.3, 0.4) is 0 Å². The largest absolute Gasteiger partial charge is 0.497 e. The SMILES string of the molecule is COc1ccnc([Si])c1. The molecule has 3 heteroatoms. The molecule has 0 fully saturated rings. The van der Waals surface area contributed by atoms with Crippen LogP contribution in [0.25, 0.3) is 0 Å². The Bertz CT molecular complexity index is 202. The van der Waals surface area contributed by atoms with Crippen LogP contribution in [0.2, 0.25) is 0 Å². The van der Waals surface area contributed by atoms with Gasteiger partial charge in [-0.1, -0.05) is 0 Å². The smallest absolute Gasteiger partial charge is 0.121 e. The molecular weight excluding hydrogens is 130 g/mol. The highest BCUT2D eigenvalue weighted by atomic mass is 28.1. The number of nitrogens with zero attached hydrogens (tertiary/aromatic N) is 1. The number of hydrogen-bond acceptors (Lipinski definition) is 2. The van der Waals surface area contributed by atoms with Gasteiger partial charge in [-0.3, -0.25) is 4.98 Å². The van der Waals surface area contributed by atoms with Gasteiger partial charge in [-0.25, -0.2) is 0 Å². The van der Waals surface area contributed by atoms with Crippen LogP contribution >= 0.6 is 0 Å². The Labute approximate surface area is 57.3 Å². The fourth-order valence-corrected chi connectivity index (χ4v) is 0.755. The van der Waals surface area contributed by atoms with E-state index in [1.807, 2.05) is 0 Å². The summed E-state index contributed by atoms with van der Waals surface area (Å²) in [5, 5.41) is 0.786. The average molecular weight is 136 g/mol. The minimum Gasteiger partial charge on any atom is -0.497 e. The minimum atomic E-state index is 0.786. The van der Waals surface area contributed by atoms with Crippen LogP contribution in [0.15, 0.2) is 18.3 Å². The molecule has 0 unspecified atom stereocenters. The van der Waals surface area contributed by atoms with Crippen molar-refractivity contribution in [2.24, 2.45) is 0 Å². The molecule has 2 nitrogen and oxygen atoms in total. The number of rotatable bonds is 1. The predicted octanol–water partition coefficient (Wildman–Crippen LogP) is -0.116. The van der Waals surface area contributed by atoms with Gasteiger partial charge >= 0.3 is 0 Å². The van der Waals surface area contributed by atoms with Gasteiger partial charge in [-0.05, 0) is 12.1 Å². The lowest BCUT2D eigenvalue weighted by atomic mass is 10.5. The Balaban J connectivity index is 2.94. The van der Waals surface area contributed by atoms with E-state index in [4.69, 9.17) is 4.74 Å². The molecule has 45 valence electrons. The second-order valence-electron chi connectivity index (χ2n) is 1.58. The molecule has 0 saturated heterocycles. The summed E-state index contributed by atoms with van der Waals surface area (Å²) >= 11 is 0. The van der Waals surface area contributed by atoms with Crippen LogP contribution in [0, 0.1) is 0 Å². The molecule has 0 aromatic carbocycles. The van der Waals surface area contributed by atoms with Crippen LogP contribution in [0.1, 0.15) is 0 Å². The second kappa shape index (κ2) is 2.64. The van der Waals surface area contributed by atoms with Crippen LogP contribution in [0.4, 0.5) is 0 Å². The van der Waals surface area contributed by atoms with Crippen molar-refractivity contribution < 1.29 is 4.74 Å². The summed E-state index contributed by atoms with van der Waals surface area (Å²) in [6.45, 7) is 0. The molecule has 3 radical (unpaired) electrons. The van der Waals surface area contributed by atoms with Gasteiger partial charge in [-0.2, -0.15) is 0 Å². The molecule has 1 aromatic rings. The zero-order valence-electron chi connectivity index (χ0n) is 5.09. The minimum absolute atomic E-state index is 0.786. The summed E-state index contributed by atoms with van der Waals surface area (Å²) in [4.78, 5) is 3.92. The van der Waals surface area contributed by atoms with Gasteiger partial charge in [0, 0.05) is 11.5 Å². The number of ether oxygens (including phenoxy) is 1. The highest BCUT2D eigenvalue weighted by molar-refractivity contribution is 6.30. The Morgan fingerprint density at radius 2 is 2.44 bits per heavy atom. The molecule has 0 aliphatic carbocycles. The Hall–Kier alpha value is -0.833. The third kappa shape index (κ3) is 1.53. The van der Waals surface area contributed by atoms with Crippen molar-refractivity contribution in [2.45, 2.75) is 0 Å². The molecule has 0 spiro atoms. The lowest BCUT2D eigenvalue weighted by Gasteiger charge is -1.97. The molecule has 1 heterocycles. The summed E-state index contributed by atoms with van der Waals surface area (Å²) in [6, 6.07) is 3.60. The van der Waals surface area contributed by atoms with E-state index in [-0.39, 0.29) is 0 Å². The van der Waals surface area contributed by atoms with E-state index >= 15 is 0 Å². The van der Waals surface area contributed by atoms with E-state index in [1.165, 1.54) is 0 Å². The summed E-state index contributed by atoms with van der Waals surface area (Å²) in [7, 11) is 4.89. The number of pyridine rings is 1. The van der Waals surface area contributed by atoms with Gasteiger partial charge in [0.15, 0.2) is 0 Å². The van der Waals surface area contributed by atoms with Crippen LogP contribution in [0.5, 0.6) is 5.75 Å². The molecule has 0 aliphatic heterocycles. The molecule has 1 rings (SSSR count). The highest BCUT2D eigenvalue weighted by Gasteiger charge is 1.88. The van der Waals surface area contributed by atoms with Crippen molar-refractivity contribution in [1.29, 1.82) is 0 Å². The Morgan fingerprint density at radius 1 is 1.67 bits per heavy atom. The molecule has 0 N–H and O–H groups in total. The van der Waals surface area contributed by atoms with Crippen molar-refractivity contribution in [2.75, 3.05) is 7.11 Å². The number of methoxy groups -OCH3 is 1. The van der Waals surface area contributed by atoms with E-state index in [1.54, 1.807) is 25.4 Å². The first-order chi connectivity index (χ1) is 4.33. The third-order valence-corrected chi connectivity index (χ3v) is 1.24. The average Bonchev–Trinajstić information content (AvgIpc) is 1.88. The second-order valence-corrected chi connectivity index (χ2v) is 2.09. The fraction of sp³-hybridized carbons (Fsp3) is 0.167. The number of hydrogen-bond donors (Lipinski definition) is 0. The van der Waals surface area contributed by atoms with Gasteiger partial charge in [-0.15, -0.1) is 0 Å². The van der Waals surface area contributed by atoms with Gasteiger partial charge in [0.1, 0.15) is 5.75 Å². The topological polar surface area (TPSA) is 22.1 Å². The zero-order chi connectivity index (χ0) is 6.69. The van der Waals surface area contributed by atoms with Gasteiger partial charge in [0.05, 0.1) is 17.4 Å². The lowest BCUT2D eigenvalue weighted by molar-refractivity contribution is 0.414. The van der Waals surface area contributed by atoms with E-state index in [9.17, 15) is 0 Å². The molecule has 1 aromatic heterocycles. The van der Waals surface area contributed by atoms with Crippen LogP contribution < -0.4 is 10.1 Å². The summed E-state index contributed by atoms with van der Waals surface area (Å²) < 4.78 is 4.92. The monoisotopic (exact) mass is 136 g/mol. The third-order valence-electron chi connectivity index (χ3n) is 0.967. The van der Waals surface area contributed by atoms with Gasteiger partial charge < -0.3 is 4.74 Å². The van der Waals surface area contributed by atoms with E-state index < -0.39 is 0 Å². The quantitative estimate of drug-likeness (QED) is 0.502. The number of aromatic nitrogens is 1. The normalized spacial score (nSPS) is 9.11. The Morgan fingerprint density at radius 3 is 2.89 bits per heavy atom. The molecule has 0 bridgehead atoms. The van der Waals surface area contributed by atoms with Crippen LogP contribution in [-0.4, -0.2) is 22.3 Å². The highest BCUT2D eigenvalue weighted by Crippen LogP contribution is 2.02. The summed E-state index contributed by atoms with van der Waals surface area (Å²) in [6.07, 6.45) is 1.68. The van der Waals surface area contributed by atoms with Gasteiger partial charge in [0.2, 0.25) is 0 Å². The van der Waals surface area contributed by atoms with Crippen LogP contribution in [-0.2, 0) is 0 Å². The Kier molecular flexibility index (Phi) is 1.84. The standard InChI is InChI=1S/C6H6NOSi/c1-8-5-2-3-7-6(9)4-5/h2-4H,1H3.